The Labute approximate surface area is 98.4 Å². The van der Waals surface area contributed by atoms with Crippen molar-refractivity contribution in [1.82, 2.24) is 0 Å². The molecule has 3 nitrogen and oxygen atoms in total. The summed E-state index contributed by atoms with van der Waals surface area (Å²) in [5.41, 5.74) is 6.43. The SMILES string of the molecule is NC(C(=O)O)C12CC(c3cccc(F)c3)(C1)C2. The highest BCUT2D eigenvalue weighted by atomic mass is 19.1. The first kappa shape index (κ1) is 10.7. The van der Waals surface area contributed by atoms with Gasteiger partial charge in [0.2, 0.25) is 0 Å². The highest BCUT2D eigenvalue weighted by molar-refractivity contribution is 5.75. The van der Waals surface area contributed by atoms with Crippen LogP contribution in [0.25, 0.3) is 0 Å². The first-order valence-corrected chi connectivity index (χ1v) is 5.72. The monoisotopic (exact) mass is 235 g/mol. The molecule has 0 aliphatic heterocycles. The minimum Gasteiger partial charge on any atom is -0.480 e. The molecule has 0 spiro atoms. The van der Waals surface area contributed by atoms with Crippen molar-refractivity contribution in [2.24, 2.45) is 11.1 Å². The molecule has 1 aromatic carbocycles. The maximum atomic E-state index is 13.1. The highest BCUT2D eigenvalue weighted by Gasteiger charge is 2.71. The van der Waals surface area contributed by atoms with E-state index in [0.717, 1.165) is 24.8 Å². The summed E-state index contributed by atoms with van der Waals surface area (Å²) >= 11 is 0. The Hall–Kier alpha value is -1.42. The lowest BCUT2D eigenvalue weighted by atomic mass is 9.31. The highest BCUT2D eigenvalue weighted by Crippen LogP contribution is 2.74. The van der Waals surface area contributed by atoms with Crippen molar-refractivity contribution in [3.8, 4) is 0 Å². The van der Waals surface area contributed by atoms with Crippen LogP contribution in [0, 0.1) is 11.2 Å². The van der Waals surface area contributed by atoms with Gasteiger partial charge in [-0.05, 0) is 47.8 Å². The second-order valence-corrected chi connectivity index (χ2v) is 5.50. The second kappa shape index (κ2) is 3.07. The fourth-order valence-electron chi connectivity index (χ4n) is 3.58. The molecule has 3 aliphatic carbocycles. The van der Waals surface area contributed by atoms with Crippen LogP contribution >= 0.6 is 0 Å². The summed E-state index contributed by atoms with van der Waals surface area (Å²) in [6.45, 7) is 0. The second-order valence-electron chi connectivity index (χ2n) is 5.50. The summed E-state index contributed by atoms with van der Waals surface area (Å²) in [7, 11) is 0. The predicted octanol–water partition coefficient (Wildman–Crippen LogP) is 1.66. The van der Waals surface area contributed by atoms with Gasteiger partial charge >= 0.3 is 5.97 Å². The molecular weight excluding hydrogens is 221 g/mol. The van der Waals surface area contributed by atoms with Crippen LogP contribution in [0.2, 0.25) is 0 Å². The van der Waals surface area contributed by atoms with Gasteiger partial charge in [0.15, 0.2) is 0 Å². The molecule has 1 atom stereocenters. The van der Waals surface area contributed by atoms with E-state index in [9.17, 15) is 9.18 Å². The van der Waals surface area contributed by atoms with Crippen LogP contribution in [0.5, 0.6) is 0 Å². The van der Waals surface area contributed by atoms with Gasteiger partial charge in [0.05, 0.1) is 0 Å². The fourth-order valence-corrected chi connectivity index (χ4v) is 3.58. The van der Waals surface area contributed by atoms with Gasteiger partial charge in [0.1, 0.15) is 11.9 Å². The van der Waals surface area contributed by atoms with Crippen molar-refractivity contribution in [1.29, 1.82) is 0 Å². The third-order valence-electron chi connectivity index (χ3n) is 4.43. The minimum absolute atomic E-state index is 0.00479. The van der Waals surface area contributed by atoms with E-state index >= 15 is 0 Å². The molecular formula is C13H14FNO2. The number of nitrogens with two attached hydrogens (primary N) is 1. The Morgan fingerprint density at radius 1 is 1.41 bits per heavy atom. The van der Waals surface area contributed by atoms with Crippen LogP contribution in [0.15, 0.2) is 24.3 Å². The van der Waals surface area contributed by atoms with E-state index in [1.54, 1.807) is 12.1 Å². The number of aliphatic carboxylic acids is 1. The van der Waals surface area contributed by atoms with Crippen molar-refractivity contribution < 1.29 is 14.3 Å². The Morgan fingerprint density at radius 3 is 2.59 bits per heavy atom. The summed E-state index contributed by atoms with van der Waals surface area (Å²) < 4.78 is 13.1. The third-order valence-corrected chi connectivity index (χ3v) is 4.43. The quantitative estimate of drug-likeness (QED) is 0.837. The number of hydrogen-bond donors (Lipinski definition) is 2. The first-order chi connectivity index (χ1) is 7.97. The molecule has 4 rings (SSSR count). The van der Waals surface area contributed by atoms with Gasteiger partial charge in [-0.15, -0.1) is 0 Å². The Morgan fingerprint density at radius 2 is 2.06 bits per heavy atom. The van der Waals surface area contributed by atoms with Gasteiger partial charge < -0.3 is 10.8 Å². The summed E-state index contributed by atoms with van der Waals surface area (Å²) in [5, 5.41) is 8.92. The predicted molar refractivity (Wildman–Crippen MR) is 60.0 cm³/mol. The van der Waals surface area contributed by atoms with E-state index in [2.05, 4.69) is 0 Å². The molecule has 0 saturated heterocycles. The normalized spacial score (nSPS) is 35.6. The zero-order valence-corrected chi connectivity index (χ0v) is 9.32. The average molecular weight is 235 g/mol. The van der Waals surface area contributed by atoms with E-state index in [1.807, 2.05) is 6.07 Å². The van der Waals surface area contributed by atoms with Crippen LogP contribution in [-0.4, -0.2) is 17.1 Å². The van der Waals surface area contributed by atoms with Crippen molar-refractivity contribution >= 4 is 5.97 Å². The average Bonchev–Trinajstić information content (AvgIpc) is 2.13. The largest absolute Gasteiger partial charge is 0.480 e. The molecule has 3 saturated carbocycles. The Bertz CT molecular complexity index is 480. The Balaban J connectivity index is 1.79. The molecule has 0 amide bonds. The topological polar surface area (TPSA) is 63.3 Å². The molecule has 0 aromatic heterocycles. The fraction of sp³-hybridized carbons (Fsp3) is 0.462. The van der Waals surface area contributed by atoms with E-state index in [0.29, 0.717) is 0 Å². The van der Waals surface area contributed by atoms with Gasteiger partial charge in [0.25, 0.3) is 0 Å². The number of carboxylic acid groups (broad SMARTS) is 1. The lowest BCUT2D eigenvalue weighted by Crippen LogP contribution is -2.72. The summed E-state index contributed by atoms with van der Waals surface area (Å²) in [6, 6.07) is 5.81. The standard InChI is InChI=1S/C13H14FNO2/c14-9-3-1-2-8(4-9)12-5-13(6-12,7-12)10(15)11(16)17/h1-4,10H,5-7,15H2,(H,16,17). The molecule has 4 heteroatoms. The minimum atomic E-state index is -0.933. The molecule has 1 aromatic rings. The molecule has 2 bridgehead atoms. The molecule has 3 N–H and O–H groups in total. The van der Waals surface area contributed by atoms with Gasteiger partial charge in [-0.25, -0.2) is 4.39 Å². The number of hydrogen-bond acceptors (Lipinski definition) is 2. The van der Waals surface area contributed by atoms with Gasteiger partial charge in [0, 0.05) is 0 Å². The van der Waals surface area contributed by atoms with Crippen LogP contribution in [0.1, 0.15) is 24.8 Å². The van der Waals surface area contributed by atoms with Crippen LogP contribution in [0.3, 0.4) is 0 Å². The van der Waals surface area contributed by atoms with E-state index in [1.165, 1.54) is 6.07 Å². The molecule has 1 unspecified atom stereocenters. The molecule has 3 aliphatic rings. The lowest BCUT2D eigenvalue weighted by Gasteiger charge is -2.72. The molecule has 90 valence electrons. The first-order valence-electron chi connectivity index (χ1n) is 5.72. The van der Waals surface area contributed by atoms with Gasteiger partial charge in [-0.2, -0.15) is 0 Å². The van der Waals surface area contributed by atoms with Crippen molar-refractivity contribution in [2.75, 3.05) is 0 Å². The van der Waals surface area contributed by atoms with E-state index < -0.39 is 12.0 Å². The smallest absolute Gasteiger partial charge is 0.321 e. The van der Waals surface area contributed by atoms with Gasteiger partial charge in [-0.1, -0.05) is 12.1 Å². The van der Waals surface area contributed by atoms with Crippen LogP contribution < -0.4 is 5.73 Å². The summed E-state index contributed by atoms with van der Waals surface area (Å²) in [6.07, 6.45) is 2.32. The zero-order chi connectivity index (χ0) is 12.3. The van der Waals surface area contributed by atoms with Gasteiger partial charge in [-0.3, -0.25) is 4.79 Å². The number of carbonyl (C=O) groups is 1. The van der Waals surface area contributed by atoms with Crippen molar-refractivity contribution in [3.05, 3.63) is 35.6 Å². The van der Waals surface area contributed by atoms with Crippen LogP contribution in [-0.2, 0) is 10.2 Å². The van der Waals surface area contributed by atoms with E-state index in [-0.39, 0.29) is 16.6 Å². The summed E-state index contributed by atoms with van der Waals surface area (Å²) in [5.74, 6) is -1.17. The molecule has 0 heterocycles. The number of rotatable bonds is 3. The van der Waals surface area contributed by atoms with Crippen LogP contribution in [0.4, 0.5) is 4.39 Å². The maximum Gasteiger partial charge on any atom is 0.321 e. The number of benzene rings is 1. The third kappa shape index (κ3) is 1.27. The van der Waals surface area contributed by atoms with Crippen molar-refractivity contribution in [3.63, 3.8) is 0 Å². The van der Waals surface area contributed by atoms with E-state index in [4.69, 9.17) is 10.8 Å². The molecule has 3 fully saturated rings. The van der Waals surface area contributed by atoms with Crippen molar-refractivity contribution in [2.45, 2.75) is 30.7 Å². The number of carboxylic acids is 1. The maximum absolute atomic E-state index is 13.1. The molecule has 17 heavy (non-hydrogen) atoms. The number of halogens is 1. The summed E-state index contributed by atoms with van der Waals surface area (Å²) in [4.78, 5) is 10.9. The zero-order valence-electron chi connectivity index (χ0n) is 9.32. The Kier molecular flexibility index (Phi) is 1.94. The lowest BCUT2D eigenvalue weighted by molar-refractivity contribution is -0.178. The molecule has 0 radical (unpaired) electrons.